The molecule has 2 fully saturated rings. The Hall–Kier alpha value is -0.570. The van der Waals surface area contributed by atoms with Crippen LogP contribution in [-0.2, 0) is 9.53 Å². The van der Waals surface area contributed by atoms with Crippen LogP contribution in [0.2, 0.25) is 0 Å². The Morgan fingerprint density at radius 1 is 1.27 bits per heavy atom. The fourth-order valence-corrected chi connectivity index (χ4v) is 2.73. The highest BCUT2D eigenvalue weighted by Crippen LogP contribution is 2.30. The molecular weight excluding hydrogens is 192 g/mol. The molecule has 1 N–H and O–H groups in total. The van der Waals surface area contributed by atoms with Crippen LogP contribution in [0.1, 0.15) is 51.4 Å². The molecule has 1 aliphatic carbocycles. The Bertz CT molecular complexity index is 221. The fourth-order valence-electron chi connectivity index (χ4n) is 2.73. The van der Waals surface area contributed by atoms with Crippen LogP contribution in [0.25, 0.3) is 0 Å². The molecule has 2 aliphatic rings. The van der Waals surface area contributed by atoms with Gasteiger partial charge in [-0.25, -0.2) is 0 Å². The van der Waals surface area contributed by atoms with Crippen LogP contribution in [0.3, 0.4) is 0 Å². The van der Waals surface area contributed by atoms with E-state index in [1.807, 2.05) is 0 Å². The van der Waals surface area contributed by atoms with E-state index in [2.05, 4.69) is 0 Å². The van der Waals surface area contributed by atoms with Crippen molar-refractivity contribution in [3.05, 3.63) is 0 Å². The Labute approximate surface area is 90.8 Å². The lowest BCUT2D eigenvalue weighted by atomic mass is 9.84. The van der Waals surface area contributed by atoms with Gasteiger partial charge in [-0.05, 0) is 18.8 Å². The van der Waals surface area contributed by atoms with Crippen molar-refractivity contribution in [3.8, 4) is 0 Å². The van der Waals surface area contributed by atoms with Crippen LogP contribution in [0.4, 0.5) is 0 Å². The summed E-state index contributed by atoms with van der Waals surface area (Å²) < 4.78 is 5.08. The number of ether oxygens (including phenoxy) is 1. The summed E-state index contributed by atoms with van der Waals surface area (Å²) in [6.07, 6.45) is 7.74. The summed E-state index contributed by atoms with van der Waals surface area (Å²) in [5.41, 5.74) is 0. The summed E-state index contributed by atoms with van der Waals surface area (Å²) in [5.74, 6) is 0.496. The minimum Gasteiger partial charge on any atom is -0.460 e. The monoisotopic (exact) mass is 212 g/mol. The minimum absolute atomic E-state index is 0.150. The van der Waals surface area contributed by atoms with E-state index in [-0.39, 0.29) is 12.1 Å². The van der Waals surface area contributed by atoms with Gasteiger partial charge in [0, 0.05) is 6.42 Å². The zero-order valence-corrected chi connectivity index (χ0v) is 9.15. The average Bonchev–Trinajstić information content (AvgIpc) is 2.66. The fraction of sp³-hybridized carbons (Fsp3) is 0.917. The van der Waals surface area contributed by atoms with E-state index in [0.29, 0.717) is 18.8 Å². The molecule has 15 heavy (non-hydrogen) atoms. The second-order valence-corrected chi connectivity index (χ2v) is 4.87. The van der Waals surface area contributed by atoms with E-state index in [0.717, 1.165) is 6.42 Å². The SMILES string of the molecule is O=C1CC[C@@H]([C@@H](O)CC2CCCCC2)O1. The van der Waals surface area contributed by atoms with Gasteiger partial charge in [-0.1, -0.05) is 32.1 Å². The third-order valence-corrected chi connectivity index (χ3v) is 3.64. The summed E-state index contributed by atoms with van der Waals surface area (Å²) in [6.45, 7) is 0. The maximum absolute atomic E-state index is 10.9. The summed E-state index contributed by atoms with van der Waals surface area (Å²) >= 11 is 0. The van der Waals surface area contributed by atoms with Crippen molar-refractivity contribution >= 4 is 5.97 Å². The first-order valence-corrected chi connectivity index (χ1v) is 6.13. The van der Waals surface area contributed by atoms with E-state index in [9.17, 15) is 9.90 Å². The van der Waals surface area contributed by atoms with E-state index >= 15 is 0 Å². The molecule has 3 nitrogen and oxygen atoms in total. The Morgan fingerprint density at radius 3 is 2.60 bits per heavy atom. The van der Waals surface area contributed by atoms with Crippen molar-refractivity contribution in [2.45, 2.75) is 63.6 Å². The first-order valence-electron chi connectivity index (χ1n) is 6.13. The molecule has 0 radical (unpaired) electrons. The molecule has 1 saturated carbocycles. The molecule has 0 amide bonds. The zero-order valence-electron chi connectivity index (χ0n) is 9.15. The number of esters is 1. The van der Waals surface area contributed by atoms with Crippen molar-refractivity contribution in [2.75, 3.05) is 0 Å². The molecule has 2 atom stereocenters. The Kier molecular flexibility index (Phi) is 3.62. The van der Waals surface area contributed by atoms with Gasteiger partial charge in [0.2, 0.25) is 0 Å². The van der Waals surface area contributed by atoms with E-state index in [4.69, 9.17) is 4.74 Å². The topological polar surface area (TPSA) is 46.5 Å². The second-order valence-electron chi connectivity index (χ2n) is 4.87. The molecule has 0 aromatic heterocycles. The van der Waals surface area contributed by atoms with E-state index in [1.54, 1.807) is 0 Å². The number of hydrogen-bond donors (Lipinski definition) is 1. The van der Waals surface area contributed by atoms with Crippen molar-refractivity contribution in [3.63, 3.8) is 0 Å². The lowest BCUT2D eigenvalue weighted by Crippen LogP contribution is -2.28. The van der Waals surface area contributed by atoms with Crippen LogP contribution >= 0.6 is 0 Å². The molecular formula is C12H20O3. The predicted octanol–water partition coefficient (Wildman–Crippen LogP) is 2.02. The molecule has 1 aliphatic heterocycles. The van der Waals surface area contributed by atoms with E-state index < -0.39 is 6.10 Å². The van der Waals surface area contributed by atoms with Gasteiger partial charge in [-0.3, -0.25) is 4.79 Å². The van der Waals surface area contributed by atoms with Gasteiger partial charge < -0.3 is 9.84 Å². The molecule has 0 bridgehead atoms. The lowest BCUT2D eigenvalue weighted by molar-refractivity contribution is -0.145. The molecule has 1 heterocycles. The molecule has 0 aromatic rings. The standard InChI is InChI=1S/C12H20O3/c13-10(11-6-7-12(14)15-11)8-9-4-2-1-3-5-9/h9-11,13H,1-8H2/t10-,11-/m0/s1. The summed E-state index contributed by atoms with van der Waals surface area (Å²) in [7, 11) is 0. The molecule has 86 valence electrons. The quantitative estimate of drug-likeness (QED) is 0.728. The zero-order chi connectivity index (χ0) is 10.7. The van der Waals surface area contributed by atoms with Crippen LogP contribution in [-0.4, -0.2) is 23.3 Å². The molecule has 0 aromatic carbocycles. The van der Waals surface area contributed by atoms with Crippen LogP contribution in [0, 0.1) is 5.92 Å². The third-order valence-electron chi connectivity index (χ3n) is 3.64. The molecule has 0 unspecified atom stereocenters. The first kappa shape index (κ1) is 10.9. The van der Waals surface area contributed by atoms with Crippen LogP contribution in [0.15, 0.2) is 0 Å². The number of carbonyl (C=O) groups is 1. The highest BCUT2D eigenvalue weighted by atomic mass is 16.6. The molecule has 3 heteroatoms. The minimum atomic E-state index is -0.431. The average molecular weight is 212 g/mol. The van der Waals surface area contributed by atoms with Gasteiger partial charge in [0.25, 0.3) is 0 Å². The van der Waals surface area contributed by atoms with Gasteiger partial charge >= 0.3 is 5.97 Å². The van der Waals surface area contributed by atoms with Crippen LogP contribution < -0.4 is 0 Å². The third kappa shape index (κ3) is 2.94. The Morgan fingerprint density at radius 2 is 2.00 bits per heavy atom. The van der Waals surface area contributed by atoms with Crippen molar-refractivity contribution in [1.29, 1.82) is 0 Å². The van der Waals surface area contributed by atoms with Crippen LogP contribution in [0.5, 0.6) is 0 Å². The van der Waals surface area contributed by atoms with Gasteiger partial charge in [0.15, 0.2) is 0 Å². The van der Waals surface area contributed by atoms with Crippen molar-refractivity contribution in [1.82, 2.24) is 0 Å². The first-order chi connectivity index (χ1) is 7.25. The number of aliphatic hydroxyl groups excluding tert-OH is 1. The largest absolute Gasteiger partial charge is 0.460 e. The summed E-state index contributed by atoms with van der Waals surface area (Å²) in [5, 5.41) is 9.94. The number of rotatable bonds is 3. The van der Waals surface area contributed by atoms with Crippen molar-refractivity contribution in [2.24, 2.45) is 5.92 Å². The Balaban J connectivity index is 1.75. The highest BCUT2D eigenvalue weighted by molar-refractivity contribution is 5.71. The normalized spacial score (nSPS) is 30.2. The molecule has 1 saturated heterocycles. The molecule has 0 spiro atoms. The smallest absolute Gasteiger partial charge is 0.306 e. The van der Waals surface area contributed by atoms with Gasteiger partial charge in [-0.15, -0.1) is 0 Å². The van der Waals surface area contributed by atoms with Gasteiger partial charge in [0.05, 0.1) is 6.10 Å². The summed E-state index contributed by atoms with van der Waals surface area (Å²) in [6, 6.07) is 0. The maximum Gasteiger partial charge on any atom is 0.306 e. The van der Waals surface area contributed by atoms with Gasteiger partial charge in [0.1, 0.15) is 6.10 Å². The van der Waals surface area contributed by atoms with E-state index in [1.165, 1.54) is 32.1 Å². The number of carbonyl (C=O) groups excluding carboxylic acids is 1. The second kappa shape index (κ2) is 4.97. The lowest BCUT2D eigenvalue weighted by Gasteiger charge is -2.26. The van der Waals surface area contributed by atoms with Gasteiger partial charge in [-0.2, -0.15) is 0 Å². The maximum atomic E-state index is 10.9. The molecule has 2 rings (SSSR count). The van der Waals surface area contributed by atoms with Crippen molar-refractivity contribution < 1.29 is 14.6 Å². The number of cyclic esters (lactones) is 1. The predicted molar refractivity (Wildman–Crippen MR) is 56.3 cm³/mol. The highest BCUT2D eigenvalue weighted by Gasteiger charge is 2.31. The number of aliphatic hydroxyl groups is 1. The summed E-state index contributed by atoms with van der Waals surface area (Å²) in [4.78, 5) is 10.9. The number of hydrogen-bond acceptors (Lipinski definition) is 3.